The van der Waals surface area contributed by atoms with Crippen LogP contribution in [0, 0.1) is 5.82 Å². The molecule has 2 rings (SSSR count). The first-order valence-electron chi connectivity index (χ1n) is 7.23. The first-order valence-corrected chi connectivity index (χ1v) is 7.23. The van der Waals surface area contributed by atoms with Crippen molar-refractivity contribution in [2.75, 3.05) is 45.8 Å². The molecule has 1 fully saturated rings. The molecule has 0 atom stereocenters. The standard InChI is InChI=1S/C15H24FN3/c16-15-5-2-1-4-14(15)6-8-17-7-3-11-19-12-9-18-10-13-19/h1-2,4-5,17-18H,3,6-13H2. The molecule has 1 aliphatic rings. The van der Waals surface area contributed by atoms with Gasteiger partial charge in [-0.15, -0.1) is 0 Å². The monoisotopic (exact) mass is 265 g/mol. The average Bonchev–Trinajstić information content (AvgIpc) is 2.45. The van der Waals surface area contributed by atoms with Crippen molar-refractivity contribution in [1.82, 2.24) is 15.5 Å². The lowest BCUT2D eigenvalue weighted by molar-refractivity contribution is 0.238. The Morgan fingerprint density at radius 3 is 2.74 bits per heavy atom. The van der Waals surface area contributed by atoms with Crippen LogP contribution in [0.5, 0.6) is 0 Å². The van der Waals surface area contributed by atoms with Crippen LogP contribution >= 0.6 is 0 Å². The maximum atomic E-state index is 13.4. The maximum Gasteiger partial charge on any atom is 0.126 e. The van der Waals surface area contributed by atoms with Crippen molar-refractivity contribution in [2.45, 2.75) is 12.8 Å². The van der Waals surface area contributed by atoms with Crippen molar-refractivity contribution in [3.05, 3.63) is 35.6 Å². The molecule has 19 heavy (non-hydrogen) atoms. The van der Waals surface area contributed by atoms with E-state index in [0.29, 0.717) is 0 Å². The molecular weight excluding hydrogens is 241 g/mol. The van der Waals surface area contributed by atoms with Crippen LogP contribution in [0.3, 0.4) is 0 Å². The molecule has 1 aromatic carbocycles. The number of nitrogens with one attached hydrogen (secondary N) is 2. The van der Waals surface area contributed by atoms with Gasteiger partial charge >= 0.3 is 0 Å². The van der Waals surface area contributed by atoms with Gasteiger partial charge in [0.1, 0.15) is 5.82 Å². The van der Waals surface area contributed by atoms with Gasteiger partial charge in [0, 0.05) is 26.2 Å². The molecular formula is C15H24FN3. The largest absolute Gasteiger partial charge is 0.316 e. The van der Waals surface area contributed by atoms with Gasteiger partial charge in [-0.1, -0.05) is 18.2 Å². The number of hydrogen-bond donors (Lipinski definition) is 2. The highest BCUT2D eigenvalue weighted by Crippen LogP contribution is 2.06. The van der Waals surface area contributed by atoms with Crippen LogP contribution in [0.4, 0.5) is 4.39 Å². The Bertz CT molecular complexity index is 364. The van der Waals surface area contributed by atoms with Crippen LogP contribution < -0.4 is 10.6 Å². The molecule has 1 aromatic rings. The highest BCUT2D eigenvalue weighted by molar-refractivity contribution is 5.17. The Hall–Kier alpha value is -0.970. The van der Waals surface area contributed by atoms with Crippen molar-refractivity contribution in [3.63, 3.8) is 0 Å². The van der Waals surface area contributed by atoms with Gasteiger partial charge in [0.25, 0.3) is 0 Å². The van der Waals surface area contributed by atoms with E-state index < -0.39 is 0 Å². The fraction of sp³-hybridized carbons (Fsp3) is 0.600. The molecule has 1 aliphatic heterocycles. The number of hydrogen-bond acceptors (Lipinski definition) is 3. The second-order valence-electron chi connectivity index (χ2n) is 5.04. The summed E-state index contributed by atoms with van der Waals surface area (Å²) in [6.45, 7) is 7.57. The summed E-state index contributed by atoms with van der Waals surface area (Å²) in [7, 11) is 0. The summed E-state index contributed by atoms with van der Waals surface area (Å²) in [6, 6.07) is 7.01. The molecule has 0 amide bonds. The van der Waals surface area contributed by atoms with E-state index in [1.54, 1.807) is 6.07 Å². The Kier molecular flexibility index (Phi) is 6.27. The van der Waals surface area contributed by atoms with E-state index in [4.69, 9.17) is 0 Å². The molecule has 4 heteroatoms. The Morgan fingerprint density at radius 2 is 1.95 bits per heavy atom. The van der Waals surface area contributed by atoms with Gasteiger partial charge in [-0.25, -0.2) is 4.39 Å². The van der Waals surface area contributed by atoms with Crippen molar-refractivity contribution >= 4 is 0 Å². The molecule has 1 saturated heterocycles. The summed E-state index contributed by atoms with van der Waals surface area (Å²) >= 11 is 0. The lowest BCUT2D eigenvalue weighted by Crippen LogP contribution is -2.44. The van der Waals surface area contributed by atoms with E-state index >= 15 is 0 Å². The summed E-state index contributed by atoms with van der Waals surface area (Å²) in [5.41, 5.74) is 0.803. The molecule has 0 spiro atoms. The van der Waals surface area contributed by atoms with E-state index in [9.17, 15) is 4.39 Å². The van der Waals surface area contributed by atoms with Crippen LogP contribution in [0.2, 0.25) is 0 Å². The lowest BCUT2D eigenvalue weighted by atomic mass is 10.1. The summed E-state index contributed by atoms with van der Waals surface area (Å²) in [5.74, 6) is -0.0925. The number of benzene rings is 1. The third-order valence-corrected chi connectivity index (χ3v) is 3.57. The van der Waals surface area contributed by atoms with Gasteiger partial charge in [0.15, 0.2) is 0 Å². The Labute approximate surface area is 115 Å². The SMILES string of the molecule is Fc1ccccc1CCNCCCN1CCNCC1. The topological polar surface area (TPSA) is 27.3 Å². The molecule has 0 unspecified atom stereocenters. The molecule has 0 radical (unpaired) electrons. The van der Waals surface area contributed by atoms with Crippen molar-refractivity contribution in [2.24, 2.45) is 0 Å². The second kappa shape index (κ2) is 8.25. The smallest absolute Gasteiger partial charge is 0.126 e. The number of piperazine rings is 1. The normalized spacial score (nSPS) is 16.7. The van der Waals surface area contributed by atoms with Crippen molar-refractivity contribution in [3.8, 4) is 0 Å². The van der Waals surface area contributed by atoms with Crippen molar-refractivity contribution in [1.29, 1.82) is 0 Å². The van der Waals surface area contributed by atoms with Gasteiger partial charge < -0.3 is 15.5 Å². The zero-order valence-electron chi connectivity index (χ0n) is 11.5. The molecule has 0 aliphatic carbocycles. The average molecular weight is 265 g/mol. The van der Waals surface area contributed by atoms with Gasteiger partial charge in [-0.3, -0.25) is 0 Å². The van der Waals surface area contributed by atoms with Crippen LogP contribution in [0.25, 0.3) is 0 Å². The maximum absolute atomic E-state index is 13.4. The first kappa shape index (κ1) is 14.4. The second-order valence-corrected chi connectivity index (χ2v) is 5.04. The number of nitrogens with zero attached hydrogens (tertiary/aromatic N) is 1. The van der Waals surface area contributed by atoms with Gasteiger partial charge in [0.05, 0.1) is 0 Å². The molecule has 0 saturated carbocycles. The fourth-order valence-corrected chi connectivity index (χ4v) is 2.41. The highest BCUT2D eigenvalue weighted by Gasteiger charge is 2.07. The van der Waals surface area contributed by atoms with Crippen LogP contribution in [-0.2, 0) is 6.42 Å². The quantitative estimate of drug-likeness (QED) is 0.727. The molecule has 2 N–H and O–H groups in total. The minimum Gasteiger partial charge on any atom is -0.316 e. The number of rotatable bonds is 7. The van der Waals surface area contributed by atoms with Crippen LogP contribution in [0.1, 0.15) is 12.0 Å². The summed E-state index contributed by atoms with van der Waals surface area (Å²) in [4.78, 5) is 2.50. The van der Waals surface area contributed by atoms with E-state index in [1.807, 2.05) is 12.1 Å². The Balaban J connectivity index is 1.51. The van der Waals surface area contributed by atoms with Crippen molar-refractivity contribution < 1.29 is 4.39 Å². The Morgan fingerprint density at radius 1 is 1.16 bits per heavy atom. The van der Waals surface area contributed by atoms with Crippen LogP contribution in [-0.4, -0.2) is 50.7 Å². The third-order valence-electron chi connectivity index (χ3n) is 3.57. The zero-order chi connectivity index (χ0) is 13.3. The molecule has 1 heterocycles. The highest BCUT2D eigenvalue weighted by atomic mass is 19.1. The minimum atomic E-state index is -0.0925. The summed E-state index contributed by atoms with van der Waals surface area (Å²) in [5, 5.41) is 6.75. The molecule has 106 valence electrons. The van der Waals surface area contributed by atoms with Gasteiger partial charge in [-0.2, -0.15) is 0 Å². The van der Waals surface area contributed by atoms with E-state index in [0.717, 1.165) is 64.2 Å². The predicted molar refractivity (Wildman–Crippen MR) is 76.9 cm³/mol. The zero-order valence-corrected chi connectivity index (χ0v) is 11.5. The number of halogens is 1. The molecule has 3 nitrogen and oxygen atoms in total. The van der Waals surface area contributed by atoms with Crippen LogP contribution in [0.15, 0.2) is 24.3 Å². The summed E-state index contributed by atoms with van der Waals surface area (Å²) < 4.78 is 13.4. The molecule has 0 bridgehead atoms. The first-order chi connectivity index (χ1) is 9.36. The lowest BCUT2D eigenvalue weighted by Gasteiger charge is -2.27. The van der Waals surface area contributed by atoms with E-state index in [-0.39, 0.29) is 5.82 Å². The van der Waals surface area contributed by atoms with E-state index in [1.165, 1.54) is 6.07 Å². The summed E-state index contributed by atoms with van der Waals surface area (Å²) in [6.07, 6.45) is 1.93. The van der Waals surface area contributed by atoms with E-state index in [2.05, 4.69) is 15.5 Å². The predicted octanol–water partition coefficient (Wildman–Crippen LogP) is 1.25. The van der Waals surface area contributed by atoms with Gasteiger partial charge in [-0.05, 0) is 44.1 Å². The minimum absolute atomic E-state index is 0.0925. The fourth-order valence-electron chi connectivity index (χ4n) is 2.41. The molecule has 0 aromatic heterocycles. The van der Waals surface area contributed by atoms with Gasteiger partial charge in [0.2, 0.25) is 0 Å². The third kappa shape index (κ3) is 5.27.